The summed E-state index contributed by atoms with van der Waals surface area (Å²) in [6.07, 6.45) is 0. The van der Waals surface area contributed by atoms with Crippen LogP contribution in [0.5, 0.6) is 5.75 Å². The minimum Gasteiger partial charge on any atom is -0.493 e. The van der Waals surface area contributed by atoms with Crippen LogP contribution in [-0.2, 0) is 4.79 Å². The quantitative estimate of drug-likeness (QED) is 0.619. The van der Waals surface area contributed by atoms with Crippen molar-refractivity contribution in [1.29, 1.82) is 0 Å². The molecule has 0 aliphatic carbocycles. The highest BCUT2D eigenvalue weighted by Crippen LogP contribution is 2.26. The lowest BCUT2D eigenvalue weighted by molar-refractivity contribution is -0.114. The van der Waals surface area contributed by atoms with Crippen molar-refractivity contribution in [3.05, 3.63) is 52.5 Å². The SMILES string of the molecule is CCOc1ccc(C(=O)NC(=S)Nc2cccc(NC(C)=O)c2)cc1Br. The van der Waals surface area contributed by atoms with E-state index in [1.165, 1.54) is 6.92 Å². The van der Waals surface area contributed by atoms with Crippen LogP contribution in [0.4, 0.5) is 11.4 Å². The molecule has 0 saturated heterocycles. The topological polar surface area (TPSA) is 79.5 Å². The van der Waals surface area contributed by atoms with Gasteiger partial charge in [0.1, 0.15) is 5.75 Å². The van der Waals surface area contributed by atoms with Gasteiger partial charge in [0.05, 0.1) is 11.1 Å². The van der Waals surface area contributed by atoms with Crippen molar-refractivity contribution in [2.45, 2.75) is 13.8 Å². The molecule has 0 radical (unpaired) electrons. The number of hydrogen-bond acceptors (Lipinski definition) is 4. The lowest BCUT2D eigenvalue weighted by atomic mass is 10.2. The second-order valence-electron chi connectivity index (χ2n) is 5.25. The molecule has 0 aromatic heterocycles. The molecule has 0 spiro atoms. The maximum absolute atomic E-state index is 12.3. The van der Waals surface area contributed by atoms with Gasteiger partial charge in [-0.25, -0.2) is 0 Å². The normalized spacial score (nSPS) is 9.96. The second kappa shape index (κ2) is 9.30. The van der Waals surface area contributed by atoms with Crippen molar-refractivity contribution in [3.8, 4) is 5.75 Å². The smallest absolute Gasteiger partial charge is 0.257 e. The zero-order chi connectivity index (χ0) is 19.1. The predicted molar refractivity (Wildman–Crippen MR) is 110 cm³/mol. The molecule has 0 bridgehead atoms. The van der Waals surface area contributed by atoms with Crippen LogP contribution in [0.1, 0.15) is 24.2 Å². The average Bonchev–Trinajstić information content (AvgIpc) is 2.56. The van der Waals surface area contributed by atoms with E-state index < -0.39 is 0 Å². The van der Waals surface area contributed by atoms with Gasteiger partial charge in [-0.2, -0.15) is 0 Å². The van der Waals surface area contributed by atoms with E-state index >= 15 is 0 Å². The van der Waals surface area contributed by atoms with Gasteiger partial charge in [0.25, 0.3) is 5.91 Å². The molecule has 0 atom stereocenters. The molecular formula is C18H18BrN3O3S. The summed E-state index contributed by atoms with van der Waals surface area (Å²) in [6.45, 7) is 3.85. The molecule has 0 heterocycles. The summed E-state index contributed by atoms with van der Waals surface area (Å²) in [7, 11) is 0. The number of ether oxygens (including phenoxy) is 1. The van der Waals surface area contributed by atoms with E-state index in [1.807, 2.05) is 6.92 Å². The highest BCUT2D eigenvalue weighted by molar-refractivity contribution is 9.10. The Morgan fingerprint density at radius 3 is 2.42 bits per heavy atom. The maximum atomic E-state index is 12.3. The number of benzene rings is 2. The van der Waals surface area contributed by atoms with Crippen LogP contribution < -0.4 is 20.7 Å². The Morgan fingerprint density at radius 2 is 1.81 bits per heavy atom. The first kappa shape index (κ1) is 19.9. The van der Waals surface area contributed by atoms with E-state index in [1.54, 1.807) is 42.5 Å². The third-order valence-corrected chi connectivity index (χ3v) is 3.99. The number of anilines is 2. The van der Waals surface area contributed by atoms with E-state index in [2.05, 4.69) is 31.9 Å². The Balaban J connectivity index is 2.00. The molecule has 0 saturated carbocycles. The van der Waals surface area contributed by atoms with E-state index in [9.17, 15) is 9.59 Å². The molecule has 2 aromatic carbocycles. The zero-order valence-electron chi connectivity index (χ0n) is 14.3. The summed E-state index contributed by atoms with van der Waals surface area (Å²) in [5, 5.41) is 8.36. The summed E-state index contributed by atoms with van der Waals surface area (Å²) in [6, 6.07) is 12.1. The number of rotatable bonds is 5. The fourth-order valence-corrected chi connectivity index (χ4v) is 2.83. The summed E-state index contributed by atoms with van der Waals surface area (Å²) < 4.78 is 6.11. The van der Waals surface area contributed by atoms with Gasteiger partial charge in [-0.05, 0) is 71.5 Å². The molecular weight excluding hydrogens is 418 g/mol. The Labute approximate surface area is 165 Å². The standard InChI is InChI=1S/C18H18BrN3O3S/c1-3-25-16-8-7-12(9-15(16)19)17(24)22-18(26)21-14-6-4-5-13(10-14)20-11(2)23/h4-10H,3H2,1-2H3,(H,20,23)(H2,21,22,24,26). The zero-order valence-corrected chi connectivity index (χ0v) is 16.7. The van der Waals surface area contributed by atoms with Crippen molar-refractivity contribution in [1.82, 2.24) is 5.32 Å². The number of thiocarbonyl (C=S) groups is 1. The first-order valence-corrected chi connectivity index (χ1v) is 9.01. The van der Waals surface area contributed by atoms with Crippen LogP contribution in [-0.4, -0.2) is 23.5 Å². The molecule has 2 aromatic rings. The number of nitrogens with one attached hydrogen (secondary N) is 3. The maximum Gasteiger partial charge on any atom is 0.257 e. The van der Waals surface area contributed by atoms with Gasteiger partial charge in [-0.3, -0.25) is 14.9 Å². The first-order chi connectivity index (χ1) is 12.4. The van der Waals surface area contributed by atoms with Crippen LogP contribution in [0.25, 0.3) is 0 Å². The molecule has 0 unspecified atom stereocenters. The number of amides is 2. The summed E-state index contributed by atoms with van der Waals surface area (Å²) >= 11 is 8.55. The Hall–Kier alpha value is -2.45. The van der Waals surface area contributed by atoms with Crippen LogP contribution in [0.3, 0.4) is 0 Å². The second-order valence-corrected chi connectivity index (χ2v) is 6.51. The summed E-state index contributed by atoms with van der Waals surface area (Å²) in [5.41, 5.74) is 1.72. The number of halogens is 1. The largest absolute Gasteiger partial charge is 0.493 e. The minimum absolute atomic E-state index is 0.153. The van der Waals surface area contributed by atoms with Crippen molar-refractivity contribution in [2.75, 3.05) is 17.2 Å². The van der Waals surface area contributed by atoms with Gasteiger partial charge in [0.15, 0.2) is 5.11 Å². The Morgan fingerprint density at radius 1 is 1.12 bits per heavy atom. The Bertz CT molecular complexity index is 842. The molecule has 8 heteroatoms. The van der Waals surface area contributed by atoms with E-state index in [4.69, 9.17) is 17.0 Å². The fraction of sp³-hybridized carbons (Fsp3) is 0.167. The first-order valence-electron chi connectivity index (χ1n) is 7.81. The molecule has 136 valence electrons. The third kappa shape index (κ3) is 5.82. The van der Waals surface area contributed by atoms with Gasteiger partial charge < -0.3 is 15.4 Å². The molecule has 2 rings (SSSR count). The van der Waals surface area contributed by atoms with Crippen LogP contribution in [0.15, 0.2) is 46.9 Å². The molecule has 0 aliphatic rings. The summed E-state index contributed by atoms with van der Waals surface area (Å²) in [4.78, 5) is 23.4. The average molecular weight is 436 g/mol. The molecule has 0 fully saturated rings. The highest BCUT2D eigenvalue weighted by atomic mass is 79.9. The van der Waals surface area contributed by atoms with Gasteiger partial charge in [0, 0.05) is 23.9 Å². The van der Waals surface area contributed by atoms with Crippen molar-refractivity contribution in [3.63, 3.8) is 0 Å². The van der Waals surface area contributed by atoms with Crippen LogP contribution >= 0.6 is 28.1 Å². The van der Waals surface area contributed by atoms with Crippen molar-refractivity contribution in [2.24, 2.45) is 0 Å². The predicted octanol–water partition coefficient (Wildman–Crippen LogP) is 3.93. The van der Waals surface area contributed by atoms with E-state index in [0.717, 1.165) is 0 Å². The van der Waals surface area contributed by atoms with Gasteiger partial charge in [0.2, 0.25) is 5.91 Å². The highest BCUT2D eigenvalue weighted by Gasteiger charge is 2.11. The Kier molecular flexibility index (Phi) is 7.11. The van der Waals surface area contributed by atoms with Crippen molar-refractivity contribution < 1.29 is 14.3 Å². The third-order valence-electron chi connectivity index (χ3n) is 3.16. The fourth-order valence-electron chi connectivity index (χ4n) is 2.13. The molecule has 0 aliphatic heterocycles. The lowest BCUT2D eigenvalue weighted by Gasteiger charge is -2.12. The molecule has 26 heavy (non-hydrogen) atoms. The van der Waals surface area contributed by atoms with Gasteiger partial charge in [-0.1, -0.05) is 6.07 Å². The number of hydrogen-bond donors (Lipinski definition) is 3. The van der Waals surface area contributed by atoms with Crippen LogP contribution in [0, 0.1) is 0 Å². The lowest BCUT2D eigenvalue weighted by Crippen LogP contribution is -2.34. The minimum atomic E-state index is -0.343. The van der Waals surface area contributed by atoms with Crippen LogP contribution in [0.2, 0.25) is 0 Å². The van der Waals surface area contributed by atoms with E-state index in [0.29, 0.717) is 33.8 Å². The van der Waals surface area contributed by atoms with E-state index in [-0.39, 0.29) is 16.9 Å². The summed E-state index contributed by atoms with van der Waals surface area (Å²) in [5.74, 6) is 0.155. The van der Waals surface area contributed by atoms with Gasteiger partial charge in [-0.15, -0.1) is 0 Å². The van der Waals surface area contributed by atoms with Gasteiger partial charge >= 0.3 is 0 Å². The number of carbonyl (C=O) groups is 2. The molecule has 2 amide bonds. The molecule has 6 nitrogen and oxygen atoms in total. The van der Waals surface area contributed by atoms with Crippen molar-refractivity contribution >= 4 is 56.4 Å². The number of carbonyl (C=O) groups excluding carboxylic acids is 2. The monoisotopic (exact) mass is 435 g/mol. The molecule has 3 N–H and O–H groups in total.